The number of hydrogen-bond donors (Lipinski definition) is 1. The van der Waals surface area contributed by atoms with Gasteiger partial charge in [0, 0.05) is 36.5 Å². The molecule has 1 aliphatic heterocycles. The Kier molecular flexibility index (Phi) is 5.56. The van der Waals surface area contributed by atoms with Crippen LogP contribution in [0.4, 0.5) is 0 Å². The second-order valence-electron chi connectivity index (χ2n) is 6.86. The van der Waals surface area contributed by atoms with Crippen molar-refractivity contribution in [3.63, 3.8) is 0 Å². The Balaban J connectivity index is 1.51. The SMILES string of the molecule is COCCN1C(=O)CCC12CCC(NC(=O)Cc1cccs1)CC2. The fraction of sp³-hybridized carbons (Fsp3) is 0.667. The molecule has 0 unspecified atom stereocenters. The van der Waals surface area contributed by atoms with Gasteiger partial charge < -0.3 is 15.0 Å². The van der Waals surface area contributed by atoms with Crippen LogP contribution in [0.1, 0.15) is 43.4 Å². The molecule has 0 bridgehead atoms. The molecule has 5 nitrogen and oxygen atoms in total. The molecule has 132 valence electrons. The predicted molar refractivity (Wildman–Crippen MR) is 94.0 cm³/mol. The molecule has 1 spiro atoms. The van der Waals surface area contributed by atoms with Gasteiger partial charge in [0.15, 0.2) is 0 Å². The fourth-order valence-electron chi connectivity index (χ4n) is 4.09. The molecule has 3 rings (SSSR count). The summed E-state index contributed by atoms with van der Waals surface area (Å²) >= 11 is 1.62. The quantitative estimate of drug-likeness (QED) is 0.857. The molecular formula is C18H26N2O3S. The van der Waals surface area contributed by atoms with E-state index in [-0.39, 0.29) is 23.4 Å². The number of nitrogens with zero attached hydrogens (tertiary/aromatic N) is 1. The monoisotopic (exact) mass is 350 g/mol. The van der Waals surface area contributed by atoms with Gasteiger partial charge in [0.1, 0.15) is 0 Å². The summed E-state index contributed by atoms with van der Waals surface area (Å²) in [6.45, 7) is 1.28. The average Bonchev–Trinajstić information content (AvgIpc) is 3.17. The van der Waals surface area contributed by atoms with Crippen LogP contribution in [0, 0.1) is 0 Å². The van der Waals surface area contributed by atoms with E-state index in [1.807, 2.05) is 22.4 Å². The van der Waals surface area contributed by atoms with Crippen LogP contribution in [-0.2, 0) is 20.7 Å². The summed E-state index contributed by atoms with van der Waals surface area (Å²) < 4.78 is 5.16. The van der Waals surface area contributed by atoms with Gasteiger partial charge in [0.2, 0.25) is 11.8 Å². The molecule has 1 aromatic rings. The first-order chi connectivity index (χ1) is 11.6. The van der Waals surface area contributed by atoms with E-state index in [4.69, 9.17) is 4.74 Å². The van der Waals surface area contributed by atoms with Crippen molar-refractivity contribution in [2.24, 2.45) is 0 Å². The minimum absolute atomic E-state index is 0.00456. The highest BCUT2D eigenvalue weighted by Gasteiger charge is 2.46. The van der Waals surface area contributed by atoms with Crippen molar-refractivity contribution in [1.29, 1.82) is 0 Å². The molecular weight excluding hydrogens is 324 g/mol. The van der Waals surface area contributed by atoms with Gasteiger partial charge in [-0.2, -0.15) is 0 Å². The molecule has 1 saturated carbocycles. The molecule has 0 atom stereocenters. The summed E-state index contributed by atoms with van der Waals surface area (Å²) in [5.74, 6) is 0.365. The molecule has 2 fully saturated rings. The largest absolute Gasteiger partial charge is 0.383 e. The number of thiophene rings is 1. The van der Waals surface area contributed by atoms with Crippen LogP contribution in [0.2, 0.25) is 0 Å². The number of ether oxygens (including phenoxy) is 1. The zero-order valence-corrected chi connectivity index (χ0v) is 15.1. The van der Waals surface area contributed by atoms with Crippen molar-refractivity contribution in [2.75, 3.05) is 20.3 Å². The van der Waals surface area contributed by atoms with Crippen LogP contribution < -0.4 is 5.32 Å². The minimum atomic E-state index is 0.00456. The third-order valence-electron chi connectivity index (χ3n) is 5.39. The summed E-state index contributed by atoms with van der Waals surface area (Å²) in [6, 6.07) is 4.21. The van der Waals surface area contributed by atoms with Crippen LogP contribution >= 0.6 is 11.3 Å². The van der Waals surface area contributed by atoms with Gasteiger partial charge in [0.05, 0.1) is 13.0 Å². The van der Waals surface area contributed by atoms with Gasteiger partial charge >= 0.3 is 0 Å². The molecule has 6 heteroatoms. The lowest BCUT2D eigenvalue weighted by Crippen LogP contribution is -2.52. The zero-order valence-electron chi connectivity index (χ0n) is 14.3. The van der Waals surface area contributed by atoms with Crippen molar-refractivity contribution in [1.82, 2.24) is 10.2 Å². The Morgan fingerprint density at radius 3 is 2.88 bits per heavy atom. The van der Waals surface area contributed by atoms with Gasteiger partial charge in [-0.1, -0.05) is 6.07 Å². The van der Waals surface area contributed by atoms with Crippen LogP contribution in [0.5, 0.6) is 0 Å². The highest BCUT2D eigenvalue weighted by atomic mass is 32.1. The molecule has 0 aromatic carbocycles. The third-order valence-corrected chi connectivity index (χ3v) is 6.27. The molecule has 0 radical (unpaired) electrons. The van der Waals surface area contributed by atoms with Crippen molar-refractivity contribution in [3.8, 4) is 0 Å². The van der Waals surface area contributed by atoms with Gasteiger partial charge in [-0.25, -0.2) is 0 Å². The minimum Gasteiger partial charge on any atom is -0.383 e. The van der Waals surface area contributed by atoms with Gasteiger partial charge in [-0.3, -0.25) is 9.59 Å². The van der Waals surface area contributed by atoms with E-state index in [1.54, 1.807) is 18.4 Å². The van der Waals surface area contributed by atoms with E-state index in [1.165, 1.54) is 0 Å². The lowest BCUT2D eigenvalue weighted by Gasteiger charge is -2.44. The summed E-state index contributed by atoms with van der Waals surface area (Å²) in [5.41, 5.74) is 0.00456. The van der Waals surface area contributed by atoms with Crippen LogP contribution in [0.3, 0.4) is 0 Å². The maximum Gasteiger partial charge on any atom is 0.225 e. The first kappa shape index (κ1) is 17.4. The first-order valence-corrected chi connectivity index (χ1v) is 9.62. The number of carbonyl (C=O) groups excluding carboxylic acids is 2. The van der Waals surface area contributed by atoms with Crippen molar-refractivity contribution in [3.05, 3.63) is 22.4 Å². The molecule has 24 heavy (non-hydrogen) atoms. The zero-order chi connectivity index (χ0) is 17.0. The van der Waals surface area contributed by atoms with Gasteiger partial charge in [-0.15, -0.1) is 11.3 Å². The van der Waals surface area contributed by atoms with Crippen molar-refractivity contribution >= 4 is 23.2 Å². The molecule has 1 aromatic heterocycles. The normalized spacial score (nSPS) is 27.0. The Labute approximate surface area is 147 Å². The summed E-state index contributed by atoms with van der Waals surface area (Å²) in [7, 11) is 1.67. The number of amides is 2. The average molecular weight is 350 g/mol. The number of likely N-dealkylation sites (tertiary alicyclic amines) is 1. The standard InChI is InChI=1S/C18H26N2O3S/c1-23-11-10-20-17(22)6-9-18(20)7-4-14(5-8-18)19-16(21)13-15-3-2-12-24-15/h2-3,12,14H,4-11,13H2,1H3,(H,19,21). The van der Waals surface area contributed by atoms with Gasteiger partial charge in [0.25, 0.3) is 0 Å². The van der Waals surface area contributed by atoms with E-state index in [9.17, 15) is 9.59 Å². The topological polar surface area (TPSA) is 58.6 Å². The number of hydrogen-bond acceptors (Lipinski definition) is 4. The molecule has 2 amide bonds. The second-order valence-corrected chi connectivity index (χ2v) is 7.89. The number of rotatable bonds is 6. The van der Waals surface area contributed by atoms with E-state index in [0.29, 0.717) is 26.0 Å². The Morgan fingerprint density at radius 1 is 1.42 bits per heavy atom. The summed E-state index contributed by atoms with van der Waals surface area (Å²) in [6.07, 6.45) is 5.93. The Hall–Kier alpha value is -1.40. The van der Waals surface area contributed by atoms with E-state index < -0.39 is 0 Å². The summed E-state index contributed by atoms with van der Waals surface area (Å²) in [4.78, 5) is 27.5. The van der Waals surface area contributed by atoms with Crippen LogP contribution in [0.25, 0.3) is 0 Å². The number of nitrogens with one attached hydrogen (secondary N) is 1. The van der Waals surface area contributed by atoms with Crippen molar-refractivity contribution in [2.45, 2.75) is 56.5 Å². The van der Waals surface area contributed by atoms with Gasteiger partial charge in [-0.05, 0) is 43.6 Å². The molecule has 2 heterocycles. The third kappa shape index (κ3) is 3.81. The number of methoxy groups -OCH3 is 1. The van der Waals surface area contributed by atoms with E-state index in [0.717, 1.165) is 37.0 Å². The van der Waals surface area contributed by atoms with E-state index >= 15 is 0 Å². The molecule has 1 N–H and O–H groups in total. The maximum atomic E-state index is 12.2. The first-order valence-electron chi connectivity index (χ1n) is 8.74. The highest BCUT2D eigenvalue weighted by Crippen LogP contribution is 2.42. The highest BCUT2D eigenvalue weighted by molar-refractivity contribution is 7.10. The van der Waals surface area contributed by atoms with Crippen molar-refractivity contribution < 1.29 is 14.3 Å². The predicted octanol–water partition coefficient (Wildman–Crippen LogP) is 2.36. The lowest BCUT2D eigenvalue weighted by atomic mass is 9.77. The van der Waals surface area contributed by atoms with E-state index in [2.05, 4.69) is 5.32 Å². The number of carbonyl (C=O) groups is 2. The maximum absolute atomic E-state index is 12.2. The second kappa shape index (κ2) is 7.66. The van der Waals surface area contributed by atoms with Crippen LogP contribution in [-0.4, -0.2) is 48.6 Å². The summed E-state index contributed by atoms with van der Waals surface area (Å²) in [5, 5.41) is 5.17. The molecule has 2 aliphatic rings. The molecule has 1 saturated heterocycles. The Morgan fingerprint density at radius 2 is 2.21 bits per heavy atom. The lowest BCUT2D eigenvalue weighted by molar-refractivity contribution is -0.133. The molecule has 1 aliphatic carbocycles. The smallest absolute Gasteiger partial charge is 0.225 e. The Bertz CT molecular complexity index is 565. The van der Waals surface area contributed by atoms with Crippen LogP contribution in [0.15, 0.2) is 17.5 Å². The fourth-order valence-corrected chi connectivity index (χ4v) is 4.79.